The minimum atomic E-state index is -1.02. The van der Waals surface area contributed by atoms with Gasteiger partial charge in [-0.1, -0.05) is 23.8 Å². The third-order valence-electron chi connectivity index (χ3n) is 5.52. The lowest BCUT2D eigenvalue weighted by atomic mass is 9.94. The number of carbonyl (C=O) groups is 1. The fourth-order valence-corrected chi connectivity index (χ4v) is 3.76. The molecule has 0 saturated heterocycles. The Kier molecular flexibility index (Phi) is 5.68. The van der Waals surface area contributed by atoms with Gasteiger partial charge in [-0.3, -0.25) is 4.98 Å². The van der Waals surface area contributed by atoms with Crippen LogP contribution in [0.3, 0.4) is 0 Å². The Bertz CT molecular complexity index is 1050. The van der Waals surface area contributed by atoms with E-state index in [4.69, 9.17) is 4.74 Å². The molecule has 1 atom stereocenters. The van der Waals surface area contributed by atoms with Gasteiger partial charge in [-0.25, -0.2) is 4.79 Å². The number of aromatic nitrogens is 1. The molecule has 0 bridgehead atoms. The van der Waals surface area contributed by atoms with E-state index in [1.165, 1.54) is 35.2 Å². The molecular weight excluding hydrogens is 378 g/mol. The smallest absolute Gasteiger partial charge is 0.339 e. The number of anilines is 2. The number of carboxylic acid groups (broad SMARTS) is 1. The molecule has 0 amide bonds. The summed E-state index contributed by atoms with van der Waals surface area (Å²) in [6.07, 6.45) is 3.85. The van der Waals surface area contributed by atoms with E-state index in [1.807, 2.05) is 0 Å². The average molecular weight is 403 g/mol. The van der Waals surface area contributed by atoms with E-state index < -0.39 is 5.97 Å². The lowest BCUT2D eigenvalue weighted by Crippen LogP contribution is -2.34. The van der Waals surface area contributed by atoms with Gasteiger partial charge >= 0.3 is 5.97 Å². The van der Waals surface area contributed by atoms with Gasteiger partial charge < -0.3 is 20.1 Å². The summed E-state index contributed by atoms with van der Waals surface area (Å²) in [5.74, 6) is -0.733. The highest BCUT2D eigenvalue weighted by Crippen LogP contribution is 2.31. The predicted octanol–water partition coefficient (Wildman–Crippen LogP) is 4.12. The number of hydrogen-bond acceptors (Lipinski definition) is 5. The molecule has 2 heterocycles. The number of ether oxygens (including phenoxy) is 1. The predicted molar refractivity (Wildman–Crippen MR) is 117 cm³/mol. The van der Waals surface area contributed by atoms with Gasteiger partial charge in [0.25, 0.3) is 0 Å². The molecule has 0 unspecified atom stereocenters. The zero-order valence-electron chi connectivity index (χ0n) is 17.1. The molecule has 3 aromatic rings. The monoisotopic (exact) mass is 403 g/mol. The Morgan fingerprint density at radius 3 is 2.73 bits per heavy atom. The van der Waals surface area contributed by atoms with E-state index in [0.717, 1.165) is 24.3 Å². The molecule has 2 N–H and O–H groups in total. The van der Waals surface area contributed by atoms with Crippen molar-refractivity contribution in [3.05, 3.63) is 83.2 Å². The van der Waals surface area contributed by atoms with Crippen molar-refractivity contribution in [1.82, 2.24) is 10.3 Å². The molecule has 0 fully saturated rings. The summed E-state index contributed by atoms with van der Waals surface area (Å²) in [6.45, 7) is 3.27. The number of aromatic carboxylic acids is 1. The van der Waals surface area contributed by atoms with Crippen molar-refractivity contribution in [2.45, 2.75) is 19.4 Å². The van der Waals surface area contributed by atoms with Crippen LogP contribution in [-0.4, -0.2) is 36.3 Å². The van der Waals surface area contributed by atoms with E-state index in [-0.39, 0.29) is 17.4 Å². The van der Waals surface area contributed by atoms with Gasteiger partial charge in [0.15, 0.2) is 5.75 Å². The van der Waals surface area contributed by atoms with Crippen LogP contribution >= 0.6 is 0 Å². The van der Waals surface area contributed by atoms with Crippen molar-refractivity contribution in [2.75, 3.05) is 25.1 Å². The van der Waals surface area contributed by atoms with Crippen molar-refractivity contribution in [3.8, 4) is 5.75 Å². The summed E-state index contributed by atoms with van der Waals surface area (Å²) < 4.78 is 5.84. The fraction of sp³-hybridized carbons (Fsp3) is 0.250. The zero-order chi connectivity index (χ0) is 21.1. The van der Waals surface area contributed by atoms with Crippen LogP contribution in [0.15, 0.2) is 60.9 Å². The summed E-state index contributed by atoms with van der Waals surface area (Å²) in [5.41, 5.74) is 6.11. The molecule has 0 aliphatic carbocycles. The average Bonchev–Trinajstić information content (AvgIpc) is 2.77. The maximum atomic E-state index is 11.4. The standard InChI is InChI=1S/C24H25N3O3/c1-16-3-5-18(6-4-16)27(2)19-7-8-20-17(13-19)9-12-26-22(20)15-30-23-14-25-11-10-21(23)24(28)29/h3-8,10-11,13-14,22,26H,9,12,15H2,1-2H3,(H,28,29)/t22-/m1/s1. The summed E-state index contributed by atoms with van der Waals surface area (Å²) in [6, 6.07) is 16.4. The van der Waals surface area contributed by atoms with Crippen LogP contribution < -0.4 is 15.0 Å². The van der Waals surface area contributed by atoms with Gasteiger partial charge in [-0.2, -0.15) is 0 Å². The number of fused-ring (bicyclic) bond motifs is 1. The fourth-order valence-electron chi connectivity index (χ4n) is 3.76. The second-order valence-corrected chi connectivity index (χ2v) is 7.52. The second-order valence-electron chi connectivity index (χ2n) is 7.52. The van der Waals surface area contributed by atoms with Crippen molar-refractivity contribution >= 4 is 17.3 Å². The van der Waals surface area contributed by atoms with Gasteiger partial charge in [0.2, 0.25) is 0 Å². The van der Waals surface area contributed by atoms with E-state index in [2.05, 4.69) is 71.6 Å². The molecule has 30 heavy (non-hydrogen) atoms. The Hall–Kier alpha value is -3.38. The first-order valence-corrected chi connectivity index (χ1v) is 9.99. The van der Waals surface area contributed by atoms with Crippen LogP contribution in [0, 0.1) is 6.92 Å². The van der Waals surface area contributed by atoms with Gasteiger partial charge in [0.1, 0.15) is 12.2 Å². The summed E-state index contributed by atoms with van der Waals surface area (Å²) >= 11 is 0. The molecule has 1 aliphatic rings. The molecule has 0 radical (unpaired) electrons. The number of nitrogens with one attached hydrogen (secondary N) is 1. The van der Waals surface area contributed by atoms with Crippen LogP contribution in [0.2, 0.25) is 0 Å². The van der Waals surface area contributed by atoms with E-state index in [1.54, 1.807) is 0 Å². The molecule has 1 aromatic heterocycles. The second kappa shape index (κ2) is 8.55. The van der Waals surface area contributed by atoms with Gasteiger partial charge in [-0.15, -0.1) is 0 Å². The quantitative estimate of drug-likeness (QED) is 0.645. The van der Waals surface area contributed by atoms with Crippen LogP contribution in [0.4, 0.5) is 11.4 Å². The number of aryl methyl sites for hydroxylation is 1. The SMILES string of the molecule is Cc1ccc(N(C)c2ccc3c(c2)CCN[C@@H]3COc2cnccc2C(=O)O)cc1. The summed E-state index contributed by atoms with van der Waals surface area (Å²) in [7, 11) is 2.07. The minimum absolute atomic E-state index is 0.00525. The van der Waals surface area contributed by atoms with Crippen LogP contribution in [0.25, 0.3) is 0 Å². The zero-order valence-corrected chi connectivity index (χ0v) is 17.1. The lowest BCUT2D eigenvalue weighted by molar-refractivity contribution is 0.0691. The number of rotatable bonds is 6. The Morgan fingerprint density at radius 1 is 1.20 bits per heavy atom. The largest absolute Gasteiger partial charge is 0.489 e. The summed E-state index contributed by atoms with van der Waals surface area (Å²) in [5, 5.41) is 12.8. The van der Waals surface area contributed by atoms with Crippen molar-refractivity contribution in [3.63, 3.8) is 0 Å². The topological polar surface area (TPSA) is 74.7 Å². The van der Waals surface area contributed by atoms with Crippen molar-refractivity contribution in [2.24, 2.45) is 0 Å². The van der Waals surface area contributed by atoms with E-state index in [0.29, 0.717) is 6.61 Å². The molecule has 0 spiro atoms. The van der Waals surface area contributed by atoms with Crippen molar-refractivity contribution < 1.29 is 14.6 Å². The number of pyridine rings is 1. The highest BCUT2D eigenvalue weighted by Gasteiger charge is 2.22. The highest BCUT2D eigenvalue weighted by atomic mass is 16.5. The molecule has 1 aliphatic heterocycles. The van der Waals surface area contributed by atoms with E-state index >= 15 is 0 Å². The first-order valence-electron chi connectivity index (χ1n) is 9.99. The maximum Gasteiger partial charge on any atom is 0.339 e. The number of benzene rings is 2. The van der Waals surface area contributed by atoms with E-state index in [9.17, 15) is 9.90 Å². The molecule has 6 nitrogen and oxygen atoms in total. The molecule has 2 aromatic carbocycles. The maximum absolute atomic E-state index is 11.4. The Balaban J connectivity index is 1.52. The van der Waals surface area contributed by atoms with Gasteiger partial charge in [0, 0.05) is 24.6 Å². The highest BCUT2D eigenvalue weighted by molar-refractivity contribution is 5.90. The normalized spacial score (nSPS) is 15.3. The molecule has 6 heteroatoms. The molecule has 0 saturated carbocycles. The molecule has 4 rings (SSSR count). The Labute approximate surface area is 176 Å². The minimum Gasteiger partial charge on any atom is -0.489 e. The third-order valence-corrected chi connectivity index (χ3v) is 5.52. The van der Waals surface area contributed by atoms with Gasteiger partial charge in [-0.05, 0) is 61.3 Å². The van der Waals surface area contributed by atoms with Crippen molar-refractivity contribution in [1.29, 1.82) is 0 Å². The number of carboxylic acids is 1. The number of nitrogens with zero attached hydrogens (tertiary/aromatic N) is 2. The van der Waals surface area contributed by atoms with Crippen LogP contribution in [0.5, 0.6) is 5.75 Å². The Morgan fingerprint density at radius 2 is 1.97 bits per heavy atom. The first kappa shape index (κ1) is 19.9. The van der Waals surface area contributed by atoms with Crippen LogP contribution in [0.1, 0.15) is 33.1 Å². The molecular formula is C24H25N3O3. The van der Waals surface area contributed by atoms with Gasteiger partial charge in [0.05, 0.1) is 12.2 Å². The van der Waals surface area contributed by atoms with Crippen LogP contribution in [-0.2, 0) is 6.42 Å². The first-order chi connectivity index (χ1) is 14.5. The summed E-state index contributed by atoms with van der Waals surface area (Å²) in [4.78, 5) is 17.5. The lowest BCUT2D eigenvalue weighted by Gasteiger charge is -2.29. The molecule has 154 valence electrons. The third kappa shape index (κ3) is 4.14. The number of hydrogen-bond donors (Lipinski definition) is 2.